The smallest absolute Gasteiger partial charge is 0.262 e. The molecule has 1 aromatic heterocycles. The van der Waals surface area contributed by atoms with E-state index in [-0.39, 0.29) is 11.4 Å². The van der Waals surface area contributed by atoms with Crippen molar-refractivity contribution in [1.29, 1.82) is 0 Å². The molecule has 0 radical (unpaired) electrons. The third-order valence-corrected chi connectivity index (χ3v) is 8.72. The summed E-state index contributed by atoms with van der Waals surface area (Å²) >= 11 is 24.6. The van der Waals surface area contributed by atoms with E-state index >= 15 is 0 Å². The Morgan fingerprint density at radius 3 is 2.33 bits per heavy atom. The zero-order valence-electron chi connectivity index (χ0n) is 24.9. The van der Waals surface area contributed by atoms with Crippen LogP contribution in [0.2, 0.25) is 20.1 Å². The molecule has 2 N–H and O–H groups in total. The van der Waals surface area contributed by atoms with Gasteiger partial charge in [0, 0.05) is 40.1 Å². The molecule has 11 heteroatoms. The Morgan fingerprint density at radius 1 is 0.848 bits per heavy atom. The number of nitrogens with zero attached hydrogens (tertiary/aromatic N) is 2. The highest BCUT2D eigenvalue weighted by atomic mass is 35.5. The first-order chi connectivity index (χ1) is 22.1. The minimum Gasteiger partial charge on any atom is -0.479 e. The van der Waals surface area contributed by atoms with Crippen LogP contribution in [0.5, 0.6) is 5.75 Å². The topological polar surface area (TPSA) is 84.7 Å². The number of hydrazone groups is 1. The third kappa shape index (κ3) is 8.03. The molecule has 0 aliphatic rings. The molecular weight excluding hydrogens is 666 g/mol. The lowest BCUT2D eigenvalue weighted by Gasteiger charge is -2.21. The molecule has 0 fully saturated rings. The van der Waals surface area contributed by atoms with Gasteiger partial charge in [-0.1, -0.05) is 101 Å². The summed E-state index contributed by atoms with van der Waals surface area (Å²) in [6.07, 6.45) is 0.915. The van der Waals surface area contributed by atoms with Gasteiger partial charge in [-0.05, 0) is 61.4 Å². The number of ether oxygens (including phenoxy) is 1. The van der Waals surface area contributed by atoms with E-state index in [0.717, 1.165) is 33.3 Å². The number of nitrogens with one attached hydrogen (secondary N) is 2. The Labute approximate surface area is 287 Å². The van der Waals surface area contributed by atoms with Crippen LogP contribution in [0, 0.1) is 6.92 Å². The van der Waals surface area contributed by atoms with Gasteiger partial charge in [0.2, 0.25) is 0 Å². The van der Waals surface area contributed by atoms with Crippen LogP contribution in [-0.2, 0) is 22.6 Å². The number of carbonyl (C=O) groups excluding carboxylic acids is 2. The lowest BCUT2D eigenvalue weighted by Crippen LogP contribution is -2.50. The highest BCUT2D eigenvalue weighted by molar-refractivity contribution is 6.42. The predicted molar refractivity (Wildman–Crippen MR) is 187 cm³/mol. The van der Waals surface area contributed by atoms with E-state index in [2.05, 4.69) is 20.4 Å². The van der Waals surface area contributed by atoms with Gasteiger partial charge in [0.25, 0.3) is 11.8 Å². The molecule has 46 heavy (non-hydrogen) atoms. The van der Waals surface area contributed by atoms with Crippen LogP contribution >= 0.6 is 46.4 Å². The second-order valence-electron chi connectivity index (χ2n) is 10.7. The number of halogens is 4. The summed E-state index contributed by atoms with van der Waals surface area (Å²) in [7, 11) is 0. The molecule has 7 nitrogen and oxygen atoms in total. The van der Waals surface area contributed by atoms with Gasteiger partial charge in [-0.25, -0.2) is 5.43 Å². The predicted octanol–water partition coefficient (Wildman–Crippen LogP) is 8.26. The lowest BCUT2D eigenvalue weighted by atomic mass is 10.1. The maximum atomic E-state index is 13.5. The maximum absolute atomic E-state index is 13.5. The standard InChI is InChI=1S/C35H30Cl4N4O3/c1-21-27(26-10-6-7-11-32(26)43(21)20-24-12-14-28(37)29(38)16-24)19-40-42-35(45)31(17-23-8-4-3-5-9-23)41-34(44)22(2)46-33-15-13-25(36)18-30(33)39/h3-16,18-19,22,31H,17,20H2,1-2H3,(H,41,44)(H,42,45)/b40-19-/t22-,31-/m0/s1. The van der Waals surface area contributed by atoms with Gasteiger partial charge in [-0.15, -0.1) is 0 Å². The Kier molecular flexibility index (Phi) is 10.9. The fourth-order valence-electron chi connectivity index (χ4n) is 5.05. The number of aromatic nitrogens is 1. The summed E-state index contributed by atoms with van der Waals surface area (Å²) < 4.78 is 7.92. The average Bonchev–Trinajstić information content (AvgIpc) is 3.30. The van der Waals surface area contributed by atoms with Gasteiger partial charge in [0.1, 0.15) is 11.8 Å². The second kappa shape index (κ2) is 15.1. The number of rotatable bonds is 11. The molecule has 0 bridgehead atoms. The molecule has 1 heterocycles. The zero-order chi connectivity index (χ0) is 32.8. The van der Waals surface area contributed by atoms with E-state index in [0.29, 0.717) is 27.4 Å². The second-order valence-corrected chi connectivity index (χ2v) is 12.3. The van der Waals surface area contributed by atoms with Gasteiger partial charge >= 0.3 is 0 Å². The van der Waals surface area contributed by atoms with E-state index in [9.17, 15) is 9.59 Å². The number of carbonyl (C=O) groups is 2. The average molecular weight is 696 g/mol. The molecule has 0 aliphatic heterocycles. The molecule has 4 aromatic carbocycles. The lowest BCUT2D eigenvalue weighted by molar-refractivity contribution is -0.132. The van der Waals surface area contributed by atoms with E-state index in [1.54, 1.807) is 31.3 Å². The number of amides is 2. The van der Waals surface area contributed by atoms with Crippen LogP contribution in [0.4, 0.5) is 0 Å². The first kappa shape index (κ1) is 33.4. The monoisotopic (exact) mass is 694 g/mol. The third-order valence-electron chi connectivity index (χ3n) is 7.46. The first-order valence-electron chi connectivity index (χ1n) is 14.4. The van der Waals surface area contributed by atoms with Crippen LogP contribution in [0.25, 0.3) is 10.9 Å². The molecule has 0 saturated carbocycles. The Hall–Kier alpha value is -4.01. The molecule has 236 valence electrons. The first-order valence-corrected chi connectivity index (χ1v) is 15.9. The minimum atomic E-state index is -0.947. The Bertz CT molecular complexity index is 1910. The summed E-state index contributed by atoms with van der Waals surface area (Å²) in [6, 6.07) is 26.7. The van der Waals surface area contributed by atoms with Crippen LogP contribution in [0.1, 0.15) is 29.3 Å². The molecule has 5 aromatic rings. The van der Waals surface area contributed by atoms with Crippen molar-refractivity contribution in [1.82, 2.24) is 15.3 Å². The van der Waals surface area contributed by atoms with E-state index < -0.39 is 24.0 Å². The number of para-hydroxylation sites is 1. The Balaban J connectivity index is 1.34. The van der Waals surface area contributed by atoms with Crippen molar-refractivity contribution >= 4 is 75.3 Å². The van der Waals surface area contributed by atoms with E-state index in [1.165, 1.54) is 6.07 Å². The quantitative estimate of drug-likeness (QED) is 0.108. The van der Waals surface area contributed by atoms with Crippen LogP contribution in [0.15, 0.2) is 96.1 Å². The molecule has 0 unspecified atom stereocenters. The van der Waals surface area contributed by atoms with Crippen LogP contribution in [-0.4, -0.2) is 34.7 Å². The normalized spacial score (nSPS) is 12.7. The molecule has 2 atom stereocenters. The summed E-state index contributed by atoms with van der Waals surface area (Å²) in [6.45, 7) is 4.13. The molecular formula is C35H30Cl4N4O3. The van der Waals surface area contributed by atoms with E-state index in [1.807, 2.05) is 73.7 Å². The molecule has 2 amide bonds. The van der Waals surface area contributed by atoms with Crippen molar-refractivity contribution in [3.05, 3.63) is 133 Å². The van der Waals surface area contributed by atoms with Crippen molar-refractivity contribution in [3.8, 4) is 5.75 Å². The van der Waals surface area contributed by atoms with Crippen LogP contribution in [0.3, 0.4) is 0 Å². The van der Waals surface area contributed by atoms with Gasteiger partial charge in [-0.2, -0.15) is 5.10 Å². The Morgan fingerprint density at radius 2 is 1.59 bits per heavy atom. The summed E-state index contributed by atoms with van der Waals surface area (Å²) in [5, 5.41) is 9.79. The van der Waals surface area contributed by atoms with Gasteiger partial charge in [-0.3, -0.25) is 9.59 Å². The zero-order valence-corrected chi connectivity index (χ0v) is 28.0. The van der Waals surface area contributed by atoms with Crippen molar-refractivity contribution in [3.63, 3.8) is 0 Å². The molecule has 0 aliphatic carbocycles. The van der Waals surface area contributed by atoms with Crippen LogP contribution < -0.4 is 15.5 Å². The highest BCUT2D eigenvalue weighted by Gasteiger charge is 2.25. The van der Waals surface area contributed by atoms with Gasteiger partial charge < -0.3 is 14.6 Å². The fraction of sp³-hybridized carbons (Fsp3) is 0.171. The fourth-order valence-corrected chi connectivity index (χ4v) is 5.82. The molecule has 0 saturated heterocycles. The van der Waals surface area contributed by atoms with Crippen molar-refractivity contribution < 1.29 is 14.3 Å². The van der Waals surface area contributed by atoms with Crippen molar-refractivity contribution in [2.75, 3.05) is 0 Å². The number of fused-ring (bicyclic) bond motifs is 1. The molecule has 0 spiro atoms. The summed E-state index contributed by atoms with van der Waals surface area (Å²) in [4.78, 5) is 26.6. The SMILES string of the molecule is Cc1c(/C=N\NC(=O)[C@H](Cc2ccccc2)NC(=O)[C@H](C)Oc2ccc(Cl)cc2Cl)c2ccccc2n1Cc1ccc(Cl)c(Cl)c1. The minimum absolute atomic E-state index is 0.240. The number of hydrogen-bond acceptors (Lipinski definition) is 4. The van der Waals surface area contributed by atoms with Gasteiger partial charge in [0.05, 0.1) is 21.3 Å². The summed E-state index contributed by atoms with van der Waals surface area (Å²) in [5.41, 5.74) is 7.28. The number of hydrogen-bond donors (Lipinski definition) is 2. The largest absolute Gasteiger partial charge is 0.479 e. The van der Waals surface area contributed by atoms with Gasteiger partial charge in [0.15, 0.2) is 6.10 Å². The van der Waals surface area contributed by atoms with E-state index in [4.69, 9.17) is 51.1 Å². The highest BCUT2D eigenvalue weighted by Crippen LogP contribution is 2.29. The molecule has 5 rings (SSSR count). The maximum Gasteiger partial charge on any atom is 0.262 e. The van der Waals surface area contributed by atoms with Crippen molar-refractivity contribution in [2.45, 2.75) is 39.0 Å². The van der Waals surface area contributed by atoms with Crippen molar-refractivity contribution in [2.24, 2.45) is 5.10 Å². The number of benzene rings is 4. The summed E-state index contributed by atoms with van der Waals surface area (Å²) in [5.74, 6) is -0.675.